The highest BCUT2D eigenvalue weighted by molar-refractivity contribution is 7.77. The monoisotopic (exact) mass is 752 g/mol. The van der Waals surface area contributed by atoms with Gasteiger partial charge in [0.25, 0.3) is 33.3 Å². The summed E-state index contributed by atoms with van der Waals surface area (Å²) in [5, 5.41) is 0. The van der Waals surface area contributed by atoms with Gasteiger partial charge in [-0.25, -0.2) is 18.3 Å². The molecule has 0 aromatic heterocycles. The molecule has 0 saturated carbocycles. The second-order valence-corrected chi connectivity index (χ2v) is 29.2. The molecule has 0 aliphatic carbocycles. The second-order valence-electron chi connectivity index (χ2n) is 8.34. The van der Waals surface area contributed by atoms with Gasteiger partial charge in [-0.15, -0.1) is 78.9 Å². The van der Waals surface area contributed by atoms with E-state index < -0.39 is 64.6 Å². The maximum atomic E-state index is 14.4. The highest BCUT2D eigenvalue weighted by atomic mass is 31.3. The SMILES string of the molecule is C=C[Si](C=C)(C=C)OP1(=O)OP(=O)(O[Si](C=C)(C=C)C=C)OP(=O)(O[Si](C=C)(C=C)C=C)OP(=O)(O[Si](C=C)(C=C)C=C)O1. The van der Waals surface area contributed by atoms with Crippen LogP contribution in [0.4, 0.5) is 0 Å². The molecule has 0 N–H and O–H groups in total. The summed E-state index contributed by atoms with van der Waals surface area (Å²) in [6, 6.07) is 0. The Bertz CT molecular complexity index is 1150. The first-order valence-corrected chi connectivity index (χ1v) is 26.5. The van der Waals surface area contributed by atoms with Crippen LogP contribution >= 0.6 is 31.3 Å². The van der Waals surface area contributed by atoms with Crippen molar-refractivity contribution in [3.63, 3.8) is 0 Å². The van der Waals surface area contributed by atoms with Gasteiger partial charge >= 0.3 is 31.3 Å². The summed E-state index contributed by atoms with van der Waals surface area (Å²) in [6.07, 6.45) is 0. The smallest absolute Gasteiger partial charge is 0.316 e. The first-order valence-electron chi connectivity index (χ1n) is 12.1. The Balaban J connectivity index is 4.23. The first kappa shape index (κ1) is 40.4. The fourth-order valence-electron chi connectivity index (χ4n) is 2.90. The molecular weight excluding hydrogens is 716 g/mol. The largest absolute Gasteiger partial charge is 0.483 e. The molecule has 1 rings (SSSR count). The molecule has 240 valence electrons. The zero-order chi connectivity index (χ0) is 34.1. The van der Waals surface area contributed by atoms with Crippen LogP contribution in [0.5, 0.6) is 0 Å². The zero-order valence-corrected chi connectivity index (χ0v) is 31.7. The van der Waals surface area contributed by atoms with E-state index in [-0.39, 0.29) is 0 Å². The lowest BCUT2D eigenvalue weighted by Crippen LogP contribution is -2.35. The third-order valence-electron chi connectivity index (χ3n) is 5.71. The van der Waals surface area contributed by atoms with Crippen LogP contribution in [0.1, 0.15) is 0 Å². The lowest BCUT2D eigenvalue weighted by Gasteiger charge is -2.38. The van der Waals surface area contributed by atoms with E-state index in [1.807, 2.05) is 0 Å². The van der Waals surface area contributed by atoms with Crippen LogP contribution in [-0.4, -0.2) is 33.3 Å². The van der Waals surface area contributed by atoms with Crippen molar-refractivity contribution in [2.24, 2.45) is 0 Å². The van der Waals surface area contributed by atoms with Gasteiger partial charge in [-0.2, -0.15) is 17.2 Å². The standard InChI is InChI=1S/C24H36O12P4Si4/c1-13-41(14-2,15-3)33-37(25)29-38(26,34-42(16-4,17-5)18-6)31-40(28,36-44(22-10,23-11)24-12)32-39(27,30-37)35-43(19-7,20-8)21-9/h13-24H,1-12H2. The number of phosphoric acid groups is 4. The van der Waals surface area contributed by atoms with Crippen molar-refractivity contribution in [2.75, 3.05) is 0 Å². The number of hydrogen-bond acceptors (Lipinski definition) is 12. The molecule has 1 heterocycles. The lowest BCUT2D eigenvalue weighted by molar-refractivity contribution is 0.175. The molecule has 0 bridgehead atoms. The highest BCUT2D eigenvalue weighted by Gasteiger charge is 2.62. The Morgan fingerprint density at radius 2 is 0.432 bits per heavy atom. The van der Waals surface area contributed by atoms with Gasteiger partial charge in [0.05, 0.1) is 0 Å². The average molecular weight is 753 g/mol. The van der Waals surface area contributed by atoms with Gasteiger partial charge < -0.3 is 16.9 Å². The molecule has 0 aromatic carbocycles. The van der Waals surface area contributed by atoms with Gasteiger partial charge in [-0.1, -0.05) is 68.4 Å². The van der Waals surface area contributed by atoms with Crippen LogP contribution in [0.3, 0.4) is 0 Å². The Hall–Kier alpha value is -1.65. The molecule has 20 heteroatoms. The van der Waals surface area contributed by atoms with Crippen molar-refractivity contribution in [3.8, 4) is 0 Å². The molecule has 1 aliphatic heterocycles. The van der Waals surface area contributed by atoms with E-state index >= 15 is 0 Å². The van der Waals surface area contributed by atoms with Crippen LogP contribution in [0.2, 0.25) is 0 Å². The van der Waals surface area contributed by atoms with Crippen LogP contribution in [0.15, 0.2) is 147 Å². The fourth-order valence-corrected chi connectivity index (χ4v) is 23.6. The normalized spacial score (nSPS) is 28.0. The van der Waals surface area contributed by atoms with Crippen molar-refractivity contribution >= 4 is 64.6 Å². The Labute approximate surface area is 263 Å². The summed E-state index contributed by atoms with van der Waals surface area (Å²) in [4.78, 5) is 0. The molecule has 1 aliphatic rings. The predicted molar refractivity (Wildman–Crippen MR) is 184 cm³/mol. The number of rotatable bonds is 20. The maximum absolute atomic E-state index is 14.4. The predicted octanol–water partition coefficient (Wildman–Crippen LogP) is 9.05. The van der Waals surface area contributed by atoms with Gasteiger partial charge in [0.1, 0.15) is 0 Å². The van der Waals surface area contributed by atoms with Crippen LogP contribution in [0.25, 0.3) is 0 Å². The van der Waals surface area contributed by atoms with E-state index in [1.165, 1.54) is 68.4 Å². The third-order valence-corrected chi connectivity index (χ3v) is 28.4. The van der Waals surface area contributed by atoms with Crippen molar-refractivity contribution in [2.45, 2.75) is 0 Å². The molecule has 12 nitrogen and oxygen atoms in total. The van der Waals surface area contributed by atoms with Gasteiger partial charge in [-0.05, 0) is 0 Å². The minimum absolute atomic E-state index is 1.19. The average Bonchev–Trinajstić information content (AvgIpc) is 2.99. The van der Waals surface area contributed by atoms with Crippen molar-refractivity contribution in [3.05, 3.63) is 147 Å². The van der Waals surface area contributed by atoms with E-state index in [0.717, 1.165) is 0 Å². The first-order chi connectivity index (χ1) is 20.4. The molecule has 1 saturated heterocycles. The Kier molecular flexibility index (Phi) is 14.0. The summed E-state index contributed by atoms with van der Waals surface area (Å²) >= 11 is 0. The molecule has 44 heavy (non-hydrogen) atoms. The van der Waals surface area contributed by atoms with Crippen LogP contribution in [-0.2, 0) is 52.4 Å². The molecule has 0 aromatic rings. The second kappa shape index (κ2) is 15.3. The molecule has 0 amide bonds. The van der Waals surface area contributed by atoms with Gasteiger partial charge in [-0.3, -0.25) is 0 Å². The fraction of sp³-hybridized carbons (Fsp3) is 0. The highest BCUT2D eigenvalue weighted by Crippen LogP contribution is 2.84. The van der Waals surface area contributed by atoms with Crippen molar-refractivity contribution in [1.29, 1.82) is 0 Å². The van der Waals surface area contributed by atoms with E-state index in [4.69, 9.17) is 34.1 Å². The van der Waals surface area contributed by atoms with Gasteiger partial charge in [0.2, 0.25) is 0 Å². The maximum Gasteiger partial charge on any atom is 0.483 e. The molecule has 0 atom stereocenters. The molecule has 1 fully saturated rings. The Morgan fingerprint density at radius 1 is 0.318 bits per heavy atom. The van der Waals surface area contributed by atoms with Crippen molar-refractivity contribution in [1.82, 2.24) is 0 Å². The topological polar surface area (TPSA) is 142 Å². The molecule has 0 spiro atoms. The zero-order valence-electron chi connectivity index (χ0n) is 24.1. The van der Waals surface area contributed by atoms with E-state index in [1.54, 1.807) is 0 Å². The summed E-state index contributed by atoms with van der Waals surface area (Å²) in [5.74, 6) is 0. The molecular formula is C24H36O12P4Si4. The number of hydrogen-bond donors (Lipinski definition) is 0. The van der Waals surface area contributed by atoms with E-state index in [0.29, 0.717) is 0 Å². The van der Waals surface area contributed by atoms with Gasteiger partial charge in [0, 0.05) is 0 Å². The third kappa shape index (κ3) is 9.21. The minimum Gasteiger partial charge on any atom is -0.316 e. The minimum atomic E-state index is -5.53. The molecule has 0 radical (unpaired) electrons. The molecule has 0 unspecified atom stereocenters. The summed E-state index contributed by atoms with van der Waals surface area (Å²) in [7, 11) is -37.0. The quantitative estimate of drug-likeness (QED) is 0.0865. The Morgan fingerprint density at radius 3 is 0.523 bits per heavy atom. The van der Waals surface area contributed by atoms with Crippen LogP contribution < -0.4 is 0 Å². The summed E-state index contributed by atoms with van der Waals surface area (Å²) < 4.78 is 101. The lowest BCUT2D eigenvalue weighted by atomic mass is 11.2. The van der Waals surface area contributed by atoms with Crippen molar-refractivity contribution < 1.29 is 52.4 Å². The van der Waals surface area contributed by atoms with Crippen LogP contribution in [0, 0.1) is 0 Å². The van der Waals surface area contributed by atoms with E-state index in [2.05, 4.69) is 78.9 Å². The summed E-state index contributed by atoms with van der Waals surface area (Å²) in [6.45, 7) is 43.5. The van der Waals surface area contributed by atoms with E-state index in [9.17, 15) is 18.3 Å². The summed E-state index contributed by atoms with van der Waals surface area (Å²) in [5.41, 5.74) is 14.3. The van der Waals surface area contributed by atoms with Gasteiger partial charge in [0.15, 0.2) is 0 Å².